The Hall–Kier alpha value is -1.30. The molecular formula is C11H22N2O4. The van der Waals surface area contributed by atoms with Gasteiger partial charge in [0.25, 0.3) is 0 Å². The van der Waals surface area contributed by atoms with E-state index in [2.05, 4.69) is 5.32 Å². The summed E-state index contributed by atoms with van der Waals surface area (Å²) in [6.45, 7) is 4.21. The first-order chi connectivity index (χ1) is 7.82. The van der Waals surface area contributed by atoms with Crippen molar-refractivity contribution in [2.24, 2.45) is 5.92 Å². The van der Waals surface area contributed by atoms with Crippen molar-refractivity contribution >= 4 is 12.0 Å². The third kappa shape index (κ3) is 8.50. The summed E-state index contributed by atoms with van der Waals surface area (Å²) in [7, 11) is 1.60. The zero-order valence-electron chi connectivity index (χ0n) is 10.6. The monoisotopic (exact) mass is 246 g/mol. The lowest BCUT2D eigenvalue weighted by Gasteiger charge is -2.20. The molecule has 17 heavy (non-hydrogen) atoms. The molecule has 0 aromatic heterocycles. The van der Waals surface area contributed by atoms with Crippen molar-refractivity contribution in [1.29, 1.82) is 0 Å². The van der Waals surface area contributed by atoms with Gasteiger partial charge in [-0.3, -0.25) is 4.79 Å². The van der Waals surface area contributed by atoms with Gasteiger partial charge in [0, 0.05) is 26.6 Å². The summed E-state index contributed by atoms with van der Waals surface area (Å²) in [6.07, 6.45) is 0.0891. The number of hydrogen-bond donors (Lipinski definition) is 3. The van der Waals surface area contributed by atoms with E-state index in [1.165, 1.54) is 4.90 Å². The molecule has 2 atom stereocenters. The molecule has 0 saturated heterocycles. The number of likely N-dealkylation sites (N-methyl/N-ethyl adjacent to an activating group) is 1. The number of hydrogen-bond acceptors (Lipinski definition) is 3. The first kappa shape index (κ1) is 15.7. The Labute approximate surface area is 102 Å². The van der Waals surface area contributed by atoms with Gasteiger partial charge >= 0.3 is 12.0 Å². The van der Waals surface area contributed by atoms with Crippen molar-refractivity contribution in [3.63, 3.8) is 0 Å². The molecule has 6 nitrogen and oxygen atoms in total. The normalized spacial score (nSPS) is 13.9. The summed E-state index contributed by atoms with van der Waals surface area (Å²) in [6, 6.07) is -0.256. The molecule has 0 heterocycles. The molecule has 0 radical (unpaired) electrons. The largest absolute Gasteiger partial charge is 0.481 e. The SMILES string of the molecule is CC(O)CN(C)C(=O)NCC(C)CCC(=O)O. The number of rotatable bonds is 7. The van der Waals surface area contributed by atoms with Crippen molar-refractivity contribution in [2.75, 3.05) is 20.1 Å². The smallest absolute Gasteiger partial charge is 0.317 e. The summed E-state index contributed by atoms with van der Waals surface area (Å²) in [5.74, 6) is -0.704. The maximum Gasteiger partial charge on any atom is 0.317 e. The Morgan fingerprint density at radius 3 is 2.41 bits per heavy atom. The lowest BCUT2D eigenvalue weighted by atomic mass is 10.1. The van der Waals surface area contributed by atoms with Gasteiger partial charge in [0.05, 0.1) is 6.10 Å². The second-order valence-electron chi connectivity index (χ2n) is 4.45. The van der Waals surface area contributed by atoms with E-state index in [0.717, 1.165) is 0 Å². The van der Waals surface area contributed by atoms with E-state index in [1.54, 1.807) is 14.0 Å². The van der Waals surface area contributed by atoms with Crippen LogP contribution in [0.1, 0.15) is 26.7 Å². The van der Waals surface area contributed by atoms with E-state index in [9.17, 15) is 9.59 Å². The molecule has 0 spiro atoms. The summed E-state index contributed by atoms with van der Waals surface area (Å²) in [5, 5.41) is 20.3. The van der Waals surface area contributed by atoms with Crippen LogP contribution in [0.2, 0.25) is 0 Å². The predicted octanol–water partition coefficient (Wildman–Crippen LogP) is 0.509. The molecule has 0 aliphatic rings. The predicted molar refractivity (Wildman–Crippen MR) is 63.7 cm³/mol. The standard InChI is InChI=1S/C11H22N2O4/c1-8(4-5-10(15)16)6-12-11(17)13(3)7-9(2)14/h8-9,14H,4-7H2,1-3H3,(H,12,17)(H,15,16). The van der Waals surface area contributed by atoms with Gasteiger partial charge in [0.15, 0.2) is 0 Å². The van der Waals surface area contributed by atoms with Crippen LogP contribution in [0.15, 0.2) is 0 Å². The highest BCUT2D eigenvalue weighted by Crippen LogP contribution is 2.04. The molecule has 100 valence electrons. The Bertz CT molecular complexity index is 256. The van der Waals surface area contributed by atoms with Crippen molar-refractivity contribution < 1.29 is 19.8 Å². The van der Waals surface area contributed by atoms with Crippen molar-refractivity contribution in [3.8, 4) is 0 Å². The molecule has 0 aliphatic carbocycles. The fourth-order valence-electron chi connectivity index (χ4n) is 1.35. The molecule has 0 aliphatic heterocycles. The number of aliphatic hydroxyl groups is 1. The molecule has 2 unspecified atom stereocenters. The quantitative estimate of drug-likeness (QED) is 0.610. The molecule has 0 aromatic rings. The summed E-state index contributed by atoms with van der Waals surface area (Å²) in [4.78, 5) is 23.3. The molecule has 0 rings (SSSR count). The molecule has 0 fully saturated rings. The number of nitrogens with zero attached hydrogens (tertiary/aromatic N) is 1. The molecule has 0 bridgehead atoms. The number of nitrogens with one attached hydrogen (secondary N) is 1. The van der Waals surface area contributed by atoms with E-state index in [0.29, 0.717) is 13.0 Å². The van der Waals surface area contributed by atoms with Gasteiger partial charge in [-0.25, -0.2) is 4.79 Å². The number of aliphatic carboxylic acids is 1. The fraction of sp³-hybridized carbons (Fsp3) is 0.818. The molecule has 3 N–H and O–H groups in total. The lowest BCUT2D eigenvalue weighted by molar-refractivity contribution is -0.137. The number of carboxylic acid groups (broad SMARTS) is 1. The van der Waals surface area contributed by atoms with Crippen molar-refractivity contribution in [2.45, 2.75) is 32.8 Å². The number of carbonyl (C=O) groups excluding carboxylic acids is 1. The maximum atomic E-state index is 11.5. The zero-order chi connectivity index (χ0) is 13.4. The highest BCUT2D eigenvalue weighted by atomic mass is 16.4. The van der Waals surface area contributed by atoms with Gasteiger partial charge in [0.1, 0.15) is 0 Å². The third-order valence-electron chi connectivity index (χ3n) is 2.34. The van der Waals surface area contributed by atoms with E-state index < -0.39 is 12.1 Å². The summed E-state index contributed by atoms with van der Waals surface area (Å²) < 4.78 is 0. The number of aliphatic hydroxyl groups excluding tert-OH is 1. The van der Waals surface area contributed by atoms with E-state index in [-0.39, 0.29) is 24.9 Å². The van der Waals surface area contributed by atoms with E-state index in [1.807, 2.05) is 6.92 Å². The highest BCUT2D eigenvalue weighted by Gasteiger charge is 2.12. The second-order valence-corrected chi connectivity index (χ2v) is 4.45. The molecular weight excluding hydrogens is 224 g/mol. The minimum atomic E-state index is -0.825. The Kier molecular flexibility index (Phi) is 7.29. The highest BCUT2D eigenvalue weighted by molar-refractivity contribution is 5.73. The average molecular weight is 246 g/mol. The van der Waals surface area contributed by atoms with E-state index in [4.69, 9.17) is 10.2 Å². The Morgan fingerprint density at radius 2 is 1.94 bits per heavy atom. The van der Waals surface area contributed by atoms with Crippen LogP contribution < -0.4 is 5.32 Å². The number of carboxylic acids is 1. The average Bonchev–Trinajstić information content (AvgIpc) is 2.21. The van der Waals surface area contributed by atoms with Crippen LogP contribution in [0.25, 0.3) is 0 Å². The summed E-state index contributed by atoms with van der Waals surface area (Å²) >= 11 is 0. The summed E-state index contributed by atoms with van der Waals surface area (Å²) in [5.41, 5.74) is 0. The van der Waals surface area contributed by atoms with Gasteiger partial charge in [-0.1, -0.05) is 6.92 Å². The van der Waals surface area contributed by atoms with Crippen molar-refractivity contribution in [3.05, 3.63) is 0 Å². The van der Waals surface area contributed by atoms with Crippen LogP contribution in [0.5, 0.6) is 0 Å². The molecule has 0 aromatic carbocycles. The van der Waals surface area contributed by atoms with Gasteiger partial charge in [-0.05, 0) is 19.3 Å². The van der Waals surface area contributed by atoms with Crippen LogP contribution in [-0.2, 0) is 4.79 Å². The number of carbonyl (C=O) groups is 2. The first-order valence-electron chi connectivity index (χ1n) is 5.71. The van der Waals surface area contributed by atoms with Gasteiger partial charge < -0.3 is 20.4 Å². The lowest BCUT2D eigenvalue weighted by Crippen LogP contribution is -2.42. The molecule has 2 amide bonds. The fourth-order valence-corrected chi connectivity index (χ4v) is 1.35. The van der Waals surface area contributed by atoms with Crippen LogP contribution in [0, 0.1) is 5.92 Å². The zero-order valence-corrected chi connectivity index (χ0v) is 10.6. The minimum absolute atomic E-state index is 0.112. The van der Waals surface area contributed by atoms with E-state index >= 15 is 0 Å². The van der Waals surface area contributed by atoms with Crippen LogP contribution in [-0.4, -0.2) is 53.4 Å². The first-order valence-corrected chi connectivity index (χ1v) is 5.71. The van der Waals surface area contributed by atoms with Crippen LogP contribution in [0.3, 0.4) is 0 Å². The Morgan fingerprint density at radius 1 is 1.35 bits per heavy atom. The molecule has 6 heteroatoms. The third-order valence-corrected chi connectivity index (χ3v) is 2.34. The van der Waals surface area contributed by atoms with Crippen LogP contribution in [0.4, 0.5) is 4.79 Å². The van der Waals surface area contributed by atoms with Crippen LogP contribution >= 0.6 is 0 Å². The van der Waals surface area contributed by atoms with Gasteiger partial charge in [-0.15, -0.1) is 0 Å². The van der Waals surface area contributed by atoms with Crippen molar-refractivity contribution in [1.82, 2.24) is 10.2 Å². The Balaban J connectivity index is 3.78. The maximum absolute atomic E-state index is 11.5. The number of amides is 2. The topological polar surface area (TPSA) is 89.9 Å². The second kappa shape index (κ2) is 7.89. The minimum Gasteiger partial charge on any atom is -0.481 e. The molecule has 0 saturated carbocycles. The number of urea groups is 1. The van der Waals surface area contributed by atoms with Gasteiger partial charge in [-0.2, -0.15) is 0 Å². The van der Waals surface area contributed by atoms with Gasteiger partial charge in [0.2, 0.25) is 0 Å².